The lowest BCUT2D eigenvalue weighted by atomic mass is 10.0. The van der Waals surface area contributed by atoms with E-state index in [2.05, 4.69) is 14.7 Å². The van der Waals surface area contributed by atoms with Crippen LogP contribution in [0, 0.1) is 12.7 Å². The van der Waals surface area contributed by atoms with Crippen LogP contribution in [0.4, 0.5) is 14.3 Å². The normalized spacial score (nSPS) is 14.4. The molecule has 2 heterocycles. The van der Waals surface area contributed by atoms with Crippen molar-refractivity contribution in [3.05, 3.63) is 46.5 Å². The number of carbonyl (C=O) groups is 1. The molecule has 1 aromatic carbocycles. The van der Waals surface area contributed by atoms with Gasteiger partial charge in [0, 0.05) is 37.3 Å². The largest absolute Gasteiger partial charge is 0.380 e. The van der Waals surface area contributed by atoms with Gasteiger partial charge in [0.2, 0.25) is 5.13 Å². The van der Waals surface area contributed by atoms with Gasteiger partial charge in [-0.25, -0.2) is 14.2 Å². The molecule has 3 rings (SSSR count). The van der Waals surface area contributed by atoms with Crippen molar-refractivity contribution < 1.29 is 13.9 Å². The third-order valence-corrected chi connectivity index (χ3v) is 4.89. The van der Waals surface area contributed by atoms with Crippen LogP contribution in [-0.4, -0.2) is 40.5 Å². The van der Waals surface area contributed by atoms with E-state index in [0.29, 0.717) is 36.2 Å². The molecule has 0 saturated carbocycles. The summed E-state index contributed by atoms with van der Waals surface area (Å²) in [5.41, 5.74) is 2.52. The monoisotopic (exact) mass is 376 g/mol. The number of benzene rings is 1. The van der Waals surface area contributed by atoms with Gasteiger partial charge in [-0.3, -0.25) is 5.32 Å². The summed E-state index contributed by atoms with van der Waals surface area (Å²) in [6.07, 6.45) is 3.33. The number of anilines is 1. The zero-order valence-electron chi connectivity index (χ0n) is 14.8. The van der Waals surface area contributed by atoms with E-state index in [1.807, 2.05) is 12.1 Å². The summed E-state index contributed by atoms with van der Waals surface area (Å²) in [6.45, 7) is 3.37. The fraction of sp³-hybridized carbons (Fsp3) is 0.389. The predicted molar refractivity (Wildman–Crippen MR) is 99.6 cm³/mol. The summed E-state index contributed by atoms with van der Waals surface area (Å²) in [6, 6.07) is 4.97. The molecule has 138 valence electrons. The fourth-order valence-corrected chi connectivity index (χ4v) is 3.39. The molecule has 1 N–H and O–H groups in total. The first-order chi connectivity index (χ1) is 12.5. The number of aryl methyl sites for hydroxylation is 1. The summed E-state index contributed by atoms with van der Waals surface area (Å²) in [5.74, 6) is 0.395. The van der Waals surface area contributed by atoms with Crippen molar-refractivity contribution in [3.8, 4) is 0 Å². The van der Waals surface area contributed by atoms with Crippen molar-refractivity contribution in [2.45, 2.75) is 26.4 Å². The number of ether oxygens (including phenoxy) is 1. The maximum absolute atomic E-state index is 14.2. The zero-order chi connectivity index (χ0) is 18.5. The highest BCUT2D eigenvalue weighted by Crippen LogP contribution is 2.22. The summed E-state index contributed by atoms with van der Waals surface area (Å²) in [5, 5.41) is 3.27. The second kappa shape index (κ2) is 8.37. The van der Waals surface area contributed by atoms with E-state index in [-0.39, 0.29) is 11.8 Å². The fourth-order valence-electron chi connectivity index (χ4n) is 2.82. The number of aromatic nitrogens is 2. The number of hydrogen-bond donors (Lipinski definition) is 1. The number of nitrogens with one attached hydrogen (secondary N) is 1. The van der Waals surface area contributed by atoms with E-state index in [1.165, 1.54) is 17.6 Å². The van der Waals surface area contributed by atoms with Gasteiger partial charge in [-0.1, -0.05) is 23.8 Å². The number of halogens is 1. The van der Waals surface area contributed by atoms with Crippen molar-refractivity contribution in [2.75, 3.05) is 25.5 Å². The number of rotatable bonds is 4. The van der Waals surface area contributed by atoms with Crippen LogP contribution in [0.2, 0.25) is 0 Å². The van der Waals surface area contributed by atoms with Gasteiger partial charge in [0.25, 0.3) is 0 Å². The topological polar surface area (TPSA) is 67.3 Å². The molecule has 0 bridgehead atoms. The van der Waals surface area contributed by atoms with E-state index in [9.17, 15) is 9.18 Å². The molecule has 0 spiro atoms. The number of hydrogen-bond acceptors (Lipinski definition) is 5. The standard InChI is InChI=1S/C18H21FN4O2S/c1-12-20-17(26-22-12)21-18(24)23-7-5-13(6-8-23)9-15-4-3-14(11-25-2)10-16(15)19/h3-4,9-10H,5-8,11H2,1-2H3,(H,20,21,22,24). The van der Waals surface area contributed by atoms with Gasteiger partial charge in [-0.05, 0) is 31.4 Å². The maximum atomic E-state index is 14.2. The smallest absolute Gasteiger partial charge is 0.323 e. The highest BCUT2D eigenvalue weighted by Gasteiger charge is 2.20. The number of piperidine rings is 1. The first-order valence-electron chi connectivity index (χ1n) is 8.38. The highest BCUT2D eigenvalue weighted by molar-refractivity contribution is 7.09. The van der Waals surface area contributed by atoms with Crippen LogP contribution in [0.25, 0.3) is 6.08 Å². The number of urea groups is 1. The molecule has 1 saturated heterocycles. The Morgan fingerprint density at radius 3 is 2.81 bits per heavy atom. The van der Waals surface area contributed by atoms with Crippen LogP contribution in [0.3, 0.4) is 0 Å². The number of likely N-dealkylation sites (tertiary alicyclic amines) is 1. The second-order valence-electron chi connectivity index (χ2n) is 6.16. The molecule has 0 radical (unpaired) electrons. The predicted octanol–water partition coefficient (Wildman–Crippen LogP) is 3.84. The lowest BCUT2D eigenvalue weighted by molar-refractivity contribution is 0.184. The molecule has 2 aromatic rings. The Hall–Kier alpha value is -2.32. The van der Waals surface area contributed by atoms with Crippen LogP contribution in [-0.2, 0) is 11.3 Å². The van der Waals surface area contributed by atoms with Crippen LogP contribution < -0.4 is 5.32 Å². The van der Waals surface area contributed by atoms with Crippen LogP contribution >= 0.6 is 11.5 Å². The SMILES string of the molecule is COCc1ccc(C=C2CCN(C(=O)Nc3nc(C)ns3)CC2)c(F)c1. The molecule has 1 aliphatic heterocycles. The van der Waals surface area contributed by atoms with E-state index in [4.69, 9.17) is 4.74 Å². The molecule has 0 unspecified atom stereocenters. The number of methoxy groups -OCH3 is 1. The van der Waals surface area contributed by atoms with Crippen molar-refractivity contribution >= 4 is 28.8 Å². The van der Waals surface area contributed by atoms with Crippen molar-refractivity contribution in [2.24, 2.45) is 0 Å². The minimum atomic E-state index is -0.251. The molecular formula is C18H21FN4O2S. The van der Waals surface area contributed by atoms with E-state index in [1.54, 1.807) is 25.0 Å². The lowest BCUT2D eigenvalue weighted by Gasteiger charge is -2.28. The summed E-state index contributed by atoms with van der Waals surface area (Å²) < 4.78 is 23.3. The molecule has 6 nitrogen and oxygen atoms in total. The maximum Gasteiger partial charge on any atom is 0.323 e. The molecule has 0 aliphatic carbocycles. The van der Waals surface area contributed by atoms with E-state index >= 15 is 0 Å². The summed E-state index contributed by atoms with van der Waals surface area (Å²) in [7, 11) is 1.59. The Morgan fingerprint density at radius 2 is 2.19 bits per heavy atom. The quantitative estimate of drug-likeness (QED) is 0.880. The minimum Gasteiger partial charge on any atom is -0.380 e. The van der Waals surface area contributed by atoms with E-state index < -0.39 is 0 Å². The van der Waals surface area contributed by atoms with Crippen LogP contribution in [0.15, 0.2) is 23.8 Å². The summed E-state index contributed by atoms with van der Waals surface area (Å²) in [4.78, 5) is 18.1. The highest BCUT2D eigenvalue weighted by atomic mass is 32.1. The van der Waals surface area contributed by atoms with Crippen LogP contribution in [0.5, 0.6) is 0 Å². The number of amides is 2. The number of carbonyl (C=O) groups excluding carboxylic acids is 1. The van der Waals surface area contributed by atoms with Gasteiger partial charge in [-0.15, -0.1) is 0 Å². The molecular weight excluding hydrogens is 355 g/mol. The van der Waals surface area contributed by atoms with Gasteiger partial charge in [-0.2, -0.15) is 4.37 Å². The van der Waals surface area contributed by atoms with Crippen molar-refractivity contribution in [3.63, 3.8) is 0 Å². The van der Waals surface area contributed by atoms with E-state index in [0.717, 1.165) is 24.0 Å². The molecule has 26 heavy (non-hydrogen) atoms. The Kier molecular flexibility index (Phi) is 5.95. The first kappa shape index (κ1) is 18.5. The summed E-state index contributed by atoms with van der Waals surface area (Å²) >= 11 is 1.17. The molecule has 1 aliphatic rings. The Labute approximate surface area is 155 Å². The van der Waals surface area contributed by atoms with Gasteiger partial charge < -0.3 is 9.64 Å². The molecule has 1 aromatic heterocycles. The number of nitrogens with zero attached hydrogens (tertiary/aromatic N) is 3. The van der Waals surface area contributed by atoms with Gasteiger partial charge in [0.1, 0.15) is 11.6 Å². The molecule has 2 amide bonds. The average Bonchev–Trinajstić information content (AvgIpc) is 3.03. The molecule has 0 atom stereocenters. The Balaban J connectivity index is 1.57. The minimum absolute atomic E-state index is 0.171. The third-order valence-electron chi connectivity index (χ3n) is 4.17. The van der Waals surface area contributed by atoms with Gasteiger partial charge in [0.05, 0.1) is 6.61 Å². The van der Waals surface area contributed by atoms with Gasteiger partial charge >= 0.3 is 6.03 Å². The lowest BCUT2D eigenvalue weighted by Crippen LogP contribution is -2.39. The van der Waals surface area contributed by atoms with Crippen molar-refractivity contribution in [1.82, 2.24) is 14.3 Å². The van der Waals surface area contributed by atoms with Crippen LogP contribution in [0.1, 0.15) is 29.8 Å². The first-order valence-corrected chi connectivity index (χ1v) is 9.15. The van der Waals surface area contributed by atoms with Crippen molar-refractivity contribution in [1.29, 1.82) is 0 Å². The Bertz CT molecular complexity index is 811. The van der Waals surface area contributed by atoms with Gasteiger partial charge in [0.15, 0.2) is 0 Å². The second-order valence-corrected chi connectivity index (χ2v) is 6.91. The Morgan fingerprint density at radius 1 is 1.42 bits per heavy atom. The third kappa shape index (κ3) is 4.64. The molecule has 8 heteroatoms. The average molecular weight is 376 g/mol. The zero-order valence-corrected chi connectivity index (χ0v) is 15.6. The molecule has 1 fully saturated rings.